The van der Waals surface area contributed by atoms with Gasteiger partial charge in [0, 0.05) is 19.0 Å². The molecule has 0 aromatic heterocycles. The number of likely N-dealkylation sites (tertiary alicyclic amines) is 1. The number of carboxylic acids is 1. The lowest BCUT2D eigenvalue weighted by Crippen LogP contribution is -2.48. The van der Waals surface area contributed by atoms with E-state index in [4.69, 9.17) is 5.11 Å². The van der Waals surface area contributed by atoms with Gasteiger partial charge < -0.3 is 10.0 Å². The molecule has 8 heteroatoms. The van der Waals surface area contributed by atoms with Crippen LogP contribution < -0.4 is 0 Å². The van der Waals surface area contributed by atoms with Gasteiger partial charge in [-0.05, 0) is 37.0 Å². The van der Waals surface area contributed by atoms with Gasteiger partial charge >= 0.3 is 12.1 Å². The Morgan fingerprint density at radius 2 is 2.04 bits per heavy atom. The summed E-state index contributed by atoms with van der Waals surface area (Å²) in [6, 6.07) is 5.88. The van der Waals surface area contributed by atoms with Crippen LogP contribution in [-0.4, -0.2) is 41.1 Å². The highest BCUT2D eigenvalue weighted by Crippen LogP contribution is 2.46. The molecule has 0 spiro atoms. The second kappa shape index (κ2) is 7.01. The van der Waals surface area contributed by atoms with Crippen LogP contribution in [0.1, 0.15) is 25.3 Å². The third kappa shape index (κ3) is 3.93. The maximum absolute atomic E-state index is 13.2. The third-order valence-electron chi connectivity index (χ3n) is 4.71. The van der Waals surface area contributed by atoms with Crippen LogP contribution >= 0.6 is 0 Å². The minimum absolute atomic E-state index is 0.241. The fraction of sp³-hybridized carbons (Fsp3) is 0.529. The molecule has 1 aromatic carbocycles. The summed E-state index contributed by atoms with van der Waals surface area (Å²) in [6.45, 7) is 0.472. The lowest BCUT2D eigenvalue weighted by molar-refractivity contribution is -0.227. The summed E-state index contributed by atoms with van der Waals surface area (Å²) in [5.41, 5.74) is -2.21. The molecular weight excluding hydrogens is 342 g/mol. The fourth-order valence-corrected chi connectivity index (χ4v) is 3.04. The molecule has 25 heavy (non-hydrogen) atoms. The lowest BCUT2D eigenvalue weighted by Gasteiger charge is -2.28. The number of carbonyl (C=O) groups is 2. The highest BCUT2D eigenvalue weighted by Gasteiger charge is 2.64. The van der Waals surface area contributed by atoms with Crippen LogP contribution in [0, 0.1) is 17.2 Å². The average molecular weight is 361 g/mol. The molecule has 0 radical (unpaired) electrons. The number of aryl methyl sites for hydroxylation is 1. The van der Waals surface area contributed by atoms with E-state index >= 15 is 0 Å². The van der Waals surface area contributed by atoms with Crippen LogP contribution in [0.4, 0.5) is 17.6 Å². The quantitative estimate of drug-likeness (QED) is 0.819. The number of nitrogens with zero attached hydrogens (tertiary/aromatic N) is 1. The summed E-state index contributed by atoms with van der Waals surface area (Å²) < 4.78 is 52.6. The number of aliphatic carboxylic acids is 1. The molecule has 4 nitrogen and oxygen atoms in total. The first-order chi connectivity index (χ1) is 11.6. The van der Waals surface area contributed by atoms with Crippen molar-refractivity contribution in [1.82, 2.24) is 4.90 Å². The number of carbonyl (C=O) groups excluding carboxylic acids is 1. The molecule has 138 valence electrons. The van der Waals surface area contributed by atoms with Gasteiger partial charge in [0.1, 0.15) is 5.82 Å². The third-order valence-corrected chi connectivity index (χ3v) is 4.71. The zero-order valence-electron chi connectivity index (χ0n) is 13.6. The number of hydrogen-bond acceptors (Lipinski definition) is 2. The van der Waals surface area contributed by atoms with Crippen molar-refractivity contribution in [2.75, 3.05) is 13.1 Å². The van der Waals surface area contributed by atoms with Crippen LogP contribution in [0.25, 0.3) is 0 Å². The van der Waals surface area contributed by atoms with E-state index in [9.17, 15) is 27.2 Å². The molecule has 1 heterocycles. The first kappa shape index (κ1) is 19.2. The summed E-state index contributed by atoms with van der Waals surface area (Å²) in [6.07, 6.45) is -4.82. The standard InChI is InChI=1S/C17H19F4NO3/c1-11(5-6-12-3-2-4-13(18)9-12)14(23)22-8-7-16(10-22,15(24)25)17(19,20)21/h2-4,9,11H,5-8,10H2,1H3,(H,24,25). The van der Waals surface area contributed by atoms with Gasteiger partial charge in [-0.1, -0.05) is 19.1 Å². The van der Waals surface area contributed by atoms with Crippen molar-refractivity contribution in [3.63, 3.8) is 0 Å². The summed E-state index contributed by atoms with van der Waals surface area (Å²) in [5, 5.41) is 9.02. The normalized spacial score (nSPS) is 22.0. The Hall–Kier alpha value is -2.12. The van der Waals surface area contributed by atoms with E-state index in [2.05, 4.69) is 0 Å². The number of carboxylic acid groups (broad SMARTS) is 1. The van der Waals surface area contributed by atoms with Crippen LogP contribution in [0.15, 0.2) is 24.3 Å². The number of alkyl halides is 3. The van der Waals surface area contributed by atoms with Crippen molar-refractivity contribution in [1.29, 1.82) is 0 Å². The second-order valence-electron chi connectivity index (χ2n) is 6.46. The van der Waals surface area contributed by atoms with Crippen molar-refractivity contribution in [2.45, 2.75) is 32.4 Å². The molecule has 1 fully saturated rings. The molecule has 2 unspecified atom stereocenters. The van der Waals surface area contributed by atoms with Crippen LogP contribution in [-0.2, 0) is 16.0 Å². The first-order valence-electron chi connectivity index (χ1n) is 7.90. The molecule has 2 rings (SSSR count). The fourth-order valence-electron chi connectivity index (χ4n) is 3.04. The van der Waals surface area contributed by atoms with Crippen molar-refractivity contribution in [3.8, 4) is 0 Å². The van der Waals surface area contributed by atoms with E-state index in [1.54, 1.807) is 19.1 Å². The molecule has 0 aliphatic carbocycles. The van der Waals surface area contributed by atoms with Gasteiger partial charge in [-0.3, -0.25) is 9.59 Å². The van der Waals surface area contributed by atoms with E-state index in [0.29, 0.717) is 18.4 Å². The largest absolute Gasteiger partial charge is 0.481 e. The van der Waals surface area contributed by atoms with Crippen LogP contribution in [0.5, 0.6) is 0 Å². The highest BCUT2D eigenvalue weighted by atomic mass is 19.4. The van der Waals surface area contributed by atoms with E-state index < -0.39 is 48.2 Å². The van der Waals surface area contributed by atoms with E-state index in [-0.39, 0.29) is 6.54 Å². The van der Waals surface area contributed by atoms with Gasteiger partial charge in [-0.2, -0.15) is 13.2 Å². The summed E-state index contributed by atoms with van der Waals surface area (Å²) in [5.74, 6) is -3.44. The molecule has 0 saturated carbocycles. The molecule has 1 saturated heterocycles. The highest BCUT2D eigenvalue weighted by molar-refractivity contribution is 5.82. The van der Waals surface area contributed by atoms with Crippen molar-refractivity contribution >= 4 is 11.9 Å². The van der Waals surface area contributed by atoms with Crippen molar-refractivity contribution in [3.05, 3.63) is 35.6 Å². The molecule has 1 aliphatic rings. The predicted molar refractivity (Wildman–Crippen MR) is 81.2 cm³/mol. The minimum atomic E-state index is -4.92. The number of rotatable bonds is 5. The Labute approximate surface area is 142 Å². The number of benzene rings is 1. The van der Waals surface area contributed by atoms with Crippen LogP contribution in [0.3, 0.4) is 0 Å². The maximum atomic E-state index is 13.2. The zero-order valence-corrected chi connectivity index (χ0v) is 13.6. The van der Waals surface area contributed by atoms with E-state index in [1.165, 1.54) is 12.1 Å². The van der Waals surface area contributed by atoms with Gasteiger partial charge in [0.2, 0.25) is 5.91 Å². The van der Waals surface area contributed by atoms with Gasteiger partial charge in [0.05, 0.1) is 0 Å². The summed E-state index contributed by atoms with van der Waals surface area (Å²) >= 11 is 0. The van der Waals surface area contributed by atoms with Crippen molar-refractivity contribution in [2.24, 2.45) is 11.3 Å². The molecule has 1 aliphatic heterocycles. The Bertz CT molecular complexity index is 662. The molecule has 1 aromatic rings. The molecule has 0 bridgehead atoms. The second-order valence-corrected chi connectivity index (χ2v) is 6.46. The maximum Gasteiger partial charge on any atom is 0.406 e. The Balaban J connectivity index is 2.00. The molecular formula is C17H19F4NO3. The summed E-state index contributed by atoms with van der Waals surface area (Å²) in [4.78, 5) is 24.5. The zero-order chi connectivity index (χ0) is 18.8. The topological polar surface area (TPSA) is 57.6 Å². The molecule has 1 amide bonds. The van der Waals surface area contributed by atoms with Crippen LogP contribution in [0.2, 0.25) is 0 Å². The van der Waals surface area contributed by atoms with Gasteiger partial charge in [-0.15, -0.1) is 0 Å². The van der Waals surface area contributed by atoms with Gasteiger partial charge in [-0.25, -0.2) is 4.39 Å². The van der Waals surface area contributed by atoms with Crippen molar-refractivity contribution < 1.29 is 32.3 Å². The first-order valence-corrected chi connectivity index (χ1v) is 7.90. The number of halogens is 4. The Morgan fingerprint density at radius 1 is 1.36 bits per heavy atom. The van der Waals surface area contributed by atoms with Gasteiger partial charge in [0.25, 0.3) is 0 Å². The Kier molecular flexibility index (Phi) is 5.39. The molecule has 1 N–H and O–H groups in total. The van der Waals surface area contributed by atoms with Gasteiger partial charge in [0.15, 0.2) is 5.41 Å². The lowest BCUT2D eigenvalue weighted by atomic mass is 9.86. The van der Waals surface area contributed by atoms with E-state index in [1.807, 2.05) is 0 Å². The Morgan fingerprint density at radius 3 is 2.56 bits per heavy atom. The number of amides is 1. The SMILES string of the molecule is CC(CCc1cccc(F)c1)C(=O)N1CCC(C(=O)O)(C(F)(F)F)C1. The predicted octanol–water partition coefficient (Wildman–Crippen LogP) is 3.26. The minimum Gasteiger partial charge on any atom is -0.481 e. The monoisotopic (exact) mass is 361 g/mol. The average Bonchev–Trinajstić information content (AvgIpc) is 2.98. The summed E-state index contributed by atoms with van der Waals surface area (Å²) in [7, 11) is 0. The molecule has 2 atom stereocenters. The number of hydrogen-bond donors (Lipinski definition) is 1. The van der Waals surface area contributed by atoms with E-state index in [0.717, 1.165) is 4.90 Å². The smallest absolute Gasteiger partial charge is 0.406 e.